The second kappa shape index (κ2) is 7.65. The minimum Gasteiger partial charge on any atom is -0.462 e. The number of imidazole rings is 1. The number of hydrogen-bond acceptors (Lipinski definition) is 3. The SMILES string of the molecule is CC=CC(=O)OCCc1nccn1CCCC. The fourth-order valence-corrected chi connectivity index (χ4v) is 1.53. The summed E-state index contributed by atoms with van der Waals surface area (Å²) in [5.41, 5.74) is 0. The van der Waals surface area contributed by atoms with E-state index >= 15 is 0 Å². The molecule has 94 valence electrons. The summed E-state index contributed by atoms with van der Waals surface area (Å²) in [6, 6.07) is 0. The molecule has 1 aromatic rings. The number of carbonyl (C=O) groups excluding carboxylic acids is 1. The number of esters is 1. The Kier molecular flexibility index (Phi) is 6.07. The van der Waals surface area contributed by atoms with Gasteiger partial charge in [0.25, 0.3) is 0 Å². The van der Waals surface area contributed by atoms with Gasteiger partial charge in [-0.25, -0.2) is 9.78 Å². The van der Waals surface area contributed by atoms with Gasteiger partial charge in [0, 0.05) is 31.4 Å². The summed E-state index contributed by atoms with van der Waals surface area (Å²) in [6.45, 7) is 5.31. The Hall–Kier alpha value is -1.58. The molecule has 1 heterocycles. The van der Waals surface area contributed by atoms with Crippen LogP contribution in [0.2, 0.25) is 0 Å². The molecule has 0 atom stereocenters. The van der Waals surface area contributed by atoms with Crippen LogP contribution in [-0.4, -0.2) is 22.1 Å². The van der Waals surface area contributed by atoms with E-state index in [0.717, 1.165) is 25.2 Å². The van der Waals surface area contributed by atoms with E-state index < -0.39 is 0 Å². The average Bonchev–Trinajstić information content (AvgIpc) is 2.74. The Morgan fingerprint density at radius 3 is 3.12 bits per heavy atom. The summed E-state index contributed by atoms with van der Waals surface area (Å²) >= 11 is 0. The number of ether oxygens (including phenoxy) is 1. The molecule has 1 aromatic heterocycles. The molecule has 0 amide bonds. The third-order valence-electron chi connectivity index (χ3n) is 2.43. The van der Waals surface area contributed by atoms with Crippen LogP contribution in [-0.2, 0) is 22.5 Å². The Morgan fingerprint density at radius 2 is 2.41 bits per heavy atom. The first-order chi connectivity index (χ1) is 8.27. The zero-order valence-corrected chi connectivity index (χ0v) is 10.6. The standard InChI is InChI=1S/C13H20N2O2/c1-3-5-9-15-10-8-14-12(15)7-11-17-13(16)6-4-2/h4,6,8,10H,3,5,7,9,11H2,1-2H3. The van der Waals surface area contributed by atoms with E-state index in [4.69, 9.17) is 4.74 Å². The lowest BCUT2D eigenvalue weighted by atomic mass is 10.3. The lowest BCUT2D eigenvalue weighted by Gasteiger charge is -2.06. The molecule has 1 rings (SSSR count). The van der Waals surface area contributed by atoms with Gasteiger partial charge >= 0.3 is 5.97 Å². The molecule has 0 aliphatic heterocycles. The van der Waals surface area contributed by atoms with Crippen molar-refractivity contribution < 1.29 is 9.53 Å². The Labute approximate surface area is 102 Å². The number of nitrogens with zero attached hydrogens (tertiary/aromatic N) is 2. The van der Waals surface area contributed by atoms with Crippen LogP contribution in [0.25, 0.3) is 0 Å². The Bertz CT molecular complexity index is 369. The number of allylic oxidation sites excluding steroid dienone is 1. The maximum Gasteiger partial charge on any atom is 0.330 e. The number of unbranched alkanes of at least 4 members (excludes halogenated alkanes) is 1. The number of carbonyl (C=O) groups is 1. The molecule has 0 saturated carbocycles. The van der Waals surface area contributed by atoms with Gasteiger partial charge in [0.05, 0.1) is 6.61 Å². The molecule has 0 saturated heterocycles. The number of hydrogen-bond donors (Lipinski definition) is 0. The average molecular weight is 236 g/mol. The molecule has 0 aromatic carbocycles. The van der Waals surface area contributed by atoms with Crippen molar-refractivity contribution in [1.82, 2.24) is 9.55 Å². The van der Waals surface area contributed by atoms with Gasteiger partial charge in [-0.2, -0.15) is 0 Å². The Morgan fingerprint density at radius 1 is 1.59 bits per heavy atom. The lowest BCUT2D eigenvalue weighted by molar-refractivity contribution is -0.137. The van der Waals surface area contributed by atoms with Crippen LogP contribution in [0.4, 0.5) is 0 Å². The van der Waals surface area contributed by atoms with E-state index in [-0.39, 0.29) is 5.97 Å². The molecule has 0 radical (unpaired) electrons. The minimum atomic E-state index is -0.292. The molecule has 0 aliphatic rings. The van der Waals surface area contributed by atoms with E-state index in [1.54, 1.807) is 19.2 Å². The summed E-state index contributed by atoms with van der Waals surface area (Å²) in [5.74, 6) is 0.686. The molecule has 0 spiro atoms. The zero-order chi connectivity index (χ0) is 12.5. The Balaban J connectivity index is 2.36. The highest BCUT2D eigenvalue weighted by Gasteiger charge is 2.03. The number of aromatic nitrogens is 2. The first kappa shape index (κ1) is 13.5. The summed E-state index contributed by atoms with van der Waals surface area (Å²) in [5, 5.41) is 0. The van der Waals surface area contributed by atoms with Gasteiger partial charge in [0.1, 0.15) is 5.82 Å². The van der Waals surface area contributed by atoms with Crippen molar-refractivity contribution in [3.63, 3.8) is 0 Å². The minimum absolute atomic E-state index is 0.292. The van der Waals surface area contributed by atoms with Crippen LogP contribution >= 0.6 is 0 Å². The van der Waals surface area contributed by atoms with Crippen LogP contribution in [0.15, 0.2) is 24.5 Å². The van der Waals surface area contributed by atoms with Crippen LogP contribution in [0.5, 0.6) is 0 Å². The number of rotatable bonds is 7. The van der Waals surface area contributed by atoms with Crippen LogP contribution in [0, 0.1) is 0 Å². The predicted octanol–water partition coefficient (Wildman–Crippen LogP) is 2.35. The van der Waals surface area contributed by atoms with E-state index in [0.29, 0.717) is 13.0 Å². The van der Waals surface area contributed by atoms with E-state index in [9.17, 15) is 4.79 Å². The number of aryl methyl sites for hydroxylation is 1. The smallest absolute Gasteiger partial charge is 0.330 e. The highest BCUT2D eigenvalue weighted by atomic mass is 16.5. The molecule has 0 aliphatic carbocycles. The van der Waals surface area contributed by atoms with Crippen LogP contribution in [0.1, 0.15) is 32.5 Å². The maximum absolute atomic E-state index is 11.1. The van der Waals surface area contributed by atoms with Crippen molar-refractivity contribution in [3.05, 3.63) is 30.4 Å². The molecule has 0 bridgehead atoms. The third kappa shape index (κ3) is 4.85. The summed E-state index contributed by atoms with van der Waals surface area (Å²) in [4.78, 5) is 15.4. The normalized spacial score (nSPS) is 10.9. The van der Waals surface area contributed by atoms with Gasteiger partial charge in [-0.3, -0.25) is 0 Å². The van der Waals surface area contributed by atoms with Crippen LogP contribution < -0.4 is 0 Å². The first-order valence-corrected chi connectivity index (χ1v) is 6.07. The second-order valence-electron chi connectivity index (χ2n) is 3.81. The predicted molar refractivity (Wildman–Crippen MR) is 66.6 cm³/mol. The van der Waals surface area contributed by atoms with Crippen molar-refractivity contribution in [3.8, 4) is 0 Å². The van der Waals surface area contributed by atoms with Gasteiger partial charge in [0.15, 0.2) is 0 Å². The largest absolute Gasteiger partial charge is 0.462 e. The van der Waals surface area contributed by atoms with Gasteiger partial charge < -0.3 is 9.30 Å². The quantitative estimate of drug-likeness (QED) is 0.539. The topological polar surface area (TPSA) is 44.1 Å². The summed E-state index contributed by atoms with van der Waals surface area (Å²) in [6.07, 6.45) is 9.82. The maximum atomic E-state index is 11.1. The van der Waals surface area contributed by atoms with E-state index in [2.05, 4.69) is 16.5 Å². The molecule has 0 unspecified atom stereocenters. The van der Waals surface area contributed by atoms with Crippen LogP contribution in [0.3, 0.4) is 0 Å². The third-order valence-corrected chi connectivity index (χ3v) is 2.43. The van der Waals surface area contributed by atoms with E-state index in [1.807, 2.05) is 6.20 Å². The lowest BCUT2D eigenvalue weighted by Crippen LogP contribution is -2.09. The highest BCUT2D eigenvalue weighted by molar-refractivity contribution is 5.81. The zero-order valence-electron chi connectivity index (χ0n) is 10.6. The van der Waals surface area contributed by atoms with Crippen molar-refractivity contribution >= 4 is 5.97 Å². The molecule has 4 nitrogen and oxygen atoms in total. The summed E-state index contributed by atoms with van der Waals surface area (Å²) in [7, 11) is 0. The van der Waals surface area contributed by atoms with Gasteiger partial charge in [-0.15, -0.1) is 0 Å². The molecule has 0 N–H and O–H groups in total. The highest BCUT2D eigenvalue weighted by Crippen LogP contribution is 2.02. The van der Waals surface area contributed by atoms with Gasteiger partial charge in [-0.05, 0) is 13.3 Å². The fourth-order valence-electron chi connectivity index (χ4n) is 1.53. The van der Waals surface area contributed by atoms with Crippen molar-refractivity contribution in [2.24, 2.45) is 0 Å². The molecule has 17 heavy (non-hydrogen) atoms. The van der Waals surface area contributed by atoms with Gasteiger partial charge in [-0.1, -0.05) is 19.4 Å². The second-order valence-corrected chi connectivity index (χ2v) is 3.81. The van der Waals surface area contributed by atoms with Crippen molar-refractivity contribution in [2.75, 3.05) is 6.61 Å². The van der Waals surface area contributed by atoms with Crippen molar-refractivity contribution in [1.29, 1.82) is 0 Å². The molecule has 4 heteroatoms. The van der Waals surface area contributed by atoms with Gasteiger partial charge in [0.2, 0.25) is 0 Å². The first-order valence-electron chi connectivity index (χ1n) is 6.07. The molecular weight excluding hydrogens is 216 g/mol. The summed E-state index contributed by atoms with van der Waals surface area (Å²) < 4.78 is 7.15. The van der Waals surface area contributed by atoms with Crippen molar-refractivity contribution in [2.45, 2.75) is 39.7 Å². The molecule has 0 fully saturated rings. The fraction of sp³-hybridized carbons (Fsp3) is 0.538. The van der Waals surface area contributed by atoms with E-state index in [1.165, 1.54) is 6.08 Å². The monoisotopic (exact) mass is 236 g/mol. The molecular formula is C13H20N2O2.